The molecule has 1 aliphatic rings. The van der Waals surface area contributed by atoms with Crippen LogP contribution in [0.3, 0.4) is 0 Å². The van der Waals surface area contributed by atoms with Crippen molar-refractivity contribution in [2.24, 2.45) is 0 Å². The van der Waals surface area contributed by atoms with Gasteiger partial charge in [0.15, 0.2) is 0 Å². The zero-order valence-electron chi connectivity index (χ0n) is 17.5. The molecule has 1 atom stereocenters. The van der Waals surface area contributed by atoms with Gasteiger partial charge in [0.2, 0.25) is 5.88 Å². The smallest absolute Gasteiger partial charge is 0.269 e. The van der Waals surface area contributed by atoms with Crippen LogP contribution in [0.1, 0.15) is 17.3 Å². The Hall–Kier alpha value is -3.79. The molecule has 0 spiro atoms. The van der Waals surface area contributed by atoms with E-state index < -0.39 is 10.7 Å². The molecular formula is C22H19ClFN5O4. The molecule has 33 heavy (non-hydrogen) atoms. The molecule has 170 valence electrons. The predicted octanol–water partition coefficient (Wildman–Crippen LogP) is 4.32. The summed E-state index contributed by atoms with van der Waals surface area (Å²) in [6.45, 7) is 3.43. The molecule has 1 fully saturated rings. The van der Waals surface area contributed by atoms with E-state index in [2.05, 4.69) is 9.97 Å². The quantitative estimate of drug-likeness (QED) is 0.403. The van der Waals surface area contributed by atoms with E-state index >= 15 is 0 Å². The molecule has 3 aromatic rings. The number of non-ortho nitro benzene ring substituents is 1. The first kappa shape index (κ1) is 22.4. The van der Waals surface area contributed by atoms with Gasteiger partial charge in [-0.2, -0.15) is 0 Å². The van der Waals surface area contributed by atoms with Crippen molar-refractivity contribution in [3.63, 3.8) is 0 Å². The number of hydrogen-bond acceptors (Lipinski definition) is 7. The van der Waals surface area contributed by atoms with Gasteiger partial charge in [-0.1, -0.05) is 11.6 Å². The maximum absolute atomic E-state index is 13.4. The first-order valence-electron chi connectivity index (χ1n) is 10.1. The number of carbonyl (C=O) groups excluding carboxylic acids is 1. The van der Waals surface area contributed by atoms with E-state index in [1.165, 1.54) is 48.8 Å². The number of halogens is 2. The molecule has 0 unspecified atom stereocenters. The van der Waals surface area contributed by atoms with Gasteiger partial charge in [0, 0.05) is 55.5 Å². The van der Waals surface area contributed by atoms with Crippen LogP contribution in [0.4, 0.5) is 15.9 Å². The van der Waals surface area contributed by atoms with Crippen molar-refractivity contribution in [1.82, 2.24) is 14.9 Å². The van der Waals surface area contributed by atoms with E-state index in [0.29, 0.717) is 36.8 Å². The van der Waals surface area contributed by atoms with Crippen LogP contribution < -0.4 is 9.64 Å². The third kappa shape index (κ3) is 5.01. The monoisotopic (exact) mass is 471 g/mol. The number of nitrogens with zero attached hydrogens (tertiary/aromatic N) is 5. The first-order chi connectivity index (χ1) is 15.8. The minimum Gasteiger partial charge on any atom is -0.439 e. The molecule has 0 N–H and O–H groups in total. The lowest BCUT2D eigenvalue weighted by Gasteiger charge is -2.40. The highest BCUT2D eigenvalue weighted by molar-refractivity contribution is 6.30. The van der Waals surface area contributed by atoms with Gasteiger partial charge in [-0.25, -0.2) is 14.4 Å². The molecule has 11 heteroatoms. The Morgan fingerprint density at radius 3 is 2.61 bits per heavy atom. The Kier molecular flexibility index (Phi) is 6.36. The van der Waals surface area contributed by atoms with Crippen molar-refractivity contribution in [2.75, 3.05) is 24.5 Å². The number of aromatic nitrogens is 2. The highest BCUT2D eigenvalue weighted by Crippen LogP contribution is 2.27. The second-order valence-corrected chi connectivity index (χ2v) is 7.90. The summed E-state index contributed by atoms with van der Waals surface area (Å²) >= 11 is 5.80. The second-order valence-electron chi connectivity index (χ2n) is 7.49. The van der Waals surface area contributed by atoms with Gasteiger partial charge >= 0.3 is 0 Å². The van der Waals surface area contributed by atoms with Crippen molar-refractivity contribution in [1.29, 1.82) is 0 Å². The molecule has 0 aliphatic carbocycles. The molecule has 0 radical (unpaired) electrons. The molecule has 1 saturated heterocycles. The Morgan fingerprint density at radius 2 is 1.94 bits per heavy atom. The van der Waals surface area contributed by atoms with E-state index in [0.717, 1.165) is 0 Å². The Labute approximate surface area is 193 Å². The number of nitro groups is 1. The van der Waals surface area contributed by atoms with Gasteiger partial charge in [0.1, 0.15) is 23.7 Å². The van der Waals surface area contributed by atoms with Crippen LogP contribution in [0.25, 0.3) is 0 Å². The normalized spacial score (nSPS) is 15.9. The number of hydrogen-bond donors (Lipinski definition) is 0. The third-order valence-corrected chi connectivity index (χ3v) is 5.57. The van der Waals surface area contributed by atoms with Crippen molar-refractivity contribution < 1.29 is 18.8 Å². The highest BCUT2D eigenvalue weighted by atomic mass is 35.5. The van der Waals surface area contributed by atoms with Crippen LogP contribution in [0, 0.1) is 15.9 Å². The number of nitro benzene ring substituents is 1. The summed E-state index contributed by atoms with van der Waals surface area (Å²) in [4.78, 5) is 35.4. The lowest BCUT2D eigenvalue weighted by Crippen LogP contribution is -2.54. The highest BCUT2D eigenvalue weighted by Gasteiger charge is 2.29. The molecule has 9 nitrogen and oxygen atoms in total. The first-order valence-corrected chi connectivity index (χ1v) is 10.4. The fourth-order valence-corrected chi connectivity index (χ4v) is 3.75. The maximum Gasteiger partial charge on any atom is 0.269 e. The topological polar surface area (TPSA) is 102 Å². The van der Waals surface area contributed by atoms with Gasteiger partial charge < -0.3 is 14.5 Å². The van der Waals surface area contributed by atoms with Gasteiger partial charge in [0.25, 0.3) is 11.6 Å². The van der Waals surface area contributed by atoms with Crippen LogP contribution in [0.2, 0.25) is 5.02 Å². The summed E-state index contributed by atoms with van der Waals surface area (Å²) in [6, 6.07) is 11.1. The lowest BCUT2D eigenvalue weighted by molar-refractivity contribution is -0.384. The molecule has 2 heterocycles. The van der Waals surface area contributed by atoms with Crippen molar-refractivity contribution in [2.45, 2.75) is 13.0 Å². The molecule has 0 saturated carbocycles. The number of piperazine rings is 1. The number of benzene rings is 2. The average molecular weight is 472 g/mol. The molecule has 1 aromatic heterocycles. The van der Waals surface area contributed by atoms with Crippen LogP contribution in [0.5, 0.6) is 11.6 Å². The number of carbonyl (C=O) groups is 1. The van der Waals surface area contributed by atoms with Crippen molar-refractivity contribution in [3.05, 3.63) is 81.4 Å². The Morgan fingerprint density at radius 1 is 1.18 bits per heavy atom. The van der Waals surface area contributed by atoms with Gasteiger partial charge in [-0.05, 0) is 31.2 Å². The molecule has 2 aromatic carbocycles. The zero-order chi connectivity index (χ0) is 23.5. The summed E-state index contributed by atoms with van der Waals surface area (Å²) < 4.78 is 19.0. The number of anilines is 1. The van der Waals surface area contributed by atoms with Gasteiger partial charge in [0.05, 0.1) is 9.95 Å². The number of amides is 1. The van der Waals surface area contributed by atoms with Gasteiger partial charge in [-0.15, -0.1) is 0 Å². The number of ether oxygens (including phenoxy) is 1. The number of rotatable bonds is 5. The largest absolute Gasteiger partial charge is 0.439 e. The van der Waals surface area contributed by atoms with Crippen molar-refractivity contribution in [3.8, 4) is 11.6 Å². The molecular weight excluding hydrogens is 453 g/mol. The Bertz CT molecular complexity index is 1190. The molecule has 0 bridgehead atoms. The van der Waals surface area contributed by atoms with E-state index in [4.69, 9.17) is 16.3 Å². The van der Waals surface area contributed by atoms with Crippen molar-refractivity contribution >= 4 is 29.0 Å². The summed E-state index contributed by atoms with van der Waals surface area (Å²) in [5.74, 6) is 0.527. The van der Waals surface area contributed by atoms with E-state index in [9.17, 15) is 19.3 Å². The van der Waals surface area contributed by atoms with Crippen LogP contribution >= 0.6 is 11.6 Å². The summed E-state index contributed by atoms with van der Waals surface area (Å²) in [7, 11) is 0. The fraction of sp³-hybridized carbons (Fsp3) is 0.227. The van der Waals surface area contributed by atoms with Crippen LogP contribution in [-0.4, -0.2) is 51.4 Å². The van der Waals surface area contributed by atoms with E-state index in [1.807, 2.05) is 11.8 Å². The SMILES string of the molecule is C[C@@H]1CN(c2cc(Oc3ccc(F)c(Cl)c3)ncn2)CCN1C(=O)c1ccc([N+](=O)[O-])cc1. The standard InChI is InChI=1S/C22H19ClFN5O4/c1-14-12-27(8-9-28(14)22(30)15-2-4-16(5-3-15)29(31)32)20-11-21(26-13-25-20)33-17-6-7-19(24)18(23)10-17/h2-7,10-11,13-14H,8-9,12H2,1H3/t14-/m1/s1. The summed E-state index contributed by atoms with van der Waals surface area (Å²) in [5.41, 5.74) is 0.339. The fourth-order valence-electron chi connectivity index (χ4n) is 3.58. The average Bonchev–Trinajstić information content (AvgIpc) is 2.81. The summed E-state index contributed by atoms with van der Waals surface area (Å²) in [6.07, 6.45) is 1.37. The molecule has 1 aliphatic heterocycles. The zero-order valence-corrected chi connectivity index (χ0v) is 18.3. The molecule has 1 amide bonds. The predicted molar refractivity (Wildman–Crippen MR) is 119 cm³/mol. The Balaban J connectivity index is 1.43. The molecule has 4 rings (SSSR count). The minimum atomic E-state index is -0.539. The third-order valence-electron chi connectivity index (χ3n) is 5.28. The van der Waals surface area contributed by atoms with Crippen LogP contribution in [0.15, 0.2) is 54.9 Å². The summed E-state index contributed by atoms with van der Waals surface area (Å²) in [5, 5.41) is 10.8. The van der Waals surface area contributed by atoms with Crippen LogP contribution in [-0.2, 0) is 0 Å². The van der Waals surface area contributed by atoms with E-state index in [1.54, 1.807) is 11.0 Å². The van der Waals surface area contributed by atoms with E-state index in [-0.39, 0.29) is 28.5 Å². The maximum atomic E-state index is 13.4. The minimum absolute atomic E-state index is 0.0515. The van der Waals surface area contributed by atoms with Gasteiger partial charge in [-0.3, -0.25) is 14.9 Å². The second kappa shape index (κ2) is 9.37. The lowest BCUT2D eigenvalue weighted by atomic mass is 10.1.